The Balaban J connectivity index is 1.41. The molecule has 4 rings (SSSR count). The highest BCUT2D eigenvalue weighted by Crippen LogP contribution is 2.21. The van der Waals surface area contributed by atoms with Crippen LogP contribution in [0.15, 0.2) is 30.3 Å². The van der Waals surface area contributed by atoms with Crippen LogP contribution >= 0.6 is 0 Å². The molecule has 7 heteroatoms. The van der Waals surface area contributed by atoms with Crippen molar-refractivity contribution in [3.05, 3.63) is 64.5 Å². The van der Waals surface area contributed by atoms with Gasteiger partial charge < -0.3 is 9.88 Å². The quantitative estimate of drug-likeness (QED) is 0.739. The molecule has 28 heavy (non-hydrogen) atoms. The van der Waals surface area contributed by atoms with Crippen molar-refractivity contribution in [2.75, 3.05) is 0 Å². The molecule has 1 aromatic carbocycles. The molecular weight excluding hydrogens is 352 g/mol. The van der Waals surface area contributed by atoms with E-state index >= 15 is 0 Å². The maximum atomic E-state index is 12.7. The third-order valence-corrected chi connectivity index (χ3v) is 5.65. The lowest BCUT2D eigenvalue weighted by atomic mass is 9.98. The molecule has 3 heterocycles. The maximum Gasteiger partial charge on any atom is 0.225 e. The van der Waals surface area contributed by atoms with Crippen molar-refractivity contribution in [1.29, 1.82) is 0 Å². The van der Waals surface area contributed by atoms with Crippen LogP contribution in [0.1, 0.15) is 40.6 Å². The average Bonchev–Trinajstić information content (AvgIpc) is 3.20. The lowest BCUT2D eigenvalue weighted by Crippen LogP contribution is -2.36. The Hall–Kier alpha value is -2.96. The van der Waals surface area contributed by atoms with Crippen molar-refractivity contribution < 1.29 is 4.79 Å². The molecule has 2 aromatic heterocycles. The van der Waals surface area contributed by atoms with Gasteiger partial charge >= 0.3 is 0 Å². The van der Waals surface area contributed by atoms with E-state index in [-0.39, 0.29) is 11.8 Å². The highest BCUT2D eigenvalue weighted by molar-refractivity contribution is 5.78. The minimum atomic E-state index is -0.0397. The number of aromatic nitrogens is 5. The molecule has 146 valence electrons. The zero-order valence-electron chi connectivity index (χ0n) is 16.6. The van der Waals surface area contributed by atoms with Crippen LogP contribution in [0.3, 0.4) is 0 Å². The van der Waals surface area contributed by atoms with E-state index in [9.17, 15) is 4.79 Å². The molecule has 0 radical (unpaired) electrons. The highest BCUT2D eigenvalue weighted by atomic mass is 16.1. The fourth-order valence-corrected chi connectivity index (χ4v) is 3.90. The Labute approximate surface area is 164 Å². The van der Waals surface area contributed by atoms with E-state index in [1.165, 1.54) is 5.56 Å². The van der Waals surface area contributed by atoms with Crippen LogP contribution in [0.25, 0.3) is 0 Å². The molecule has 1 aliphatic rings. The predicted octanol–water partition coefficient (Wildman–Crippen LogP) is 2.33. The molecule has 0 aliphatic carbocycles. The summed E-state index contributed by atoms with van der Waals surface area (Å²) in [6.07, 6.45) is 1.61. The summed E-state index contributed by atoms with van der Waals surface area (Å²) in [5.41, 5.74) is 4.38. The zero-order valence-corrected chi connectivity index (χ0v) is 16.6. The van der Waals surface area contributed by atoms with Gasteiger partial charge in [0.25, 0.3) is 0 Å². The van der Waals surface area contributed by atoms with Crippen molar-refractivity contribution in [2.24, 2.45) is 5.92 Å². The number of nitrogens with one attached hydrogen (secondary N) is 1. The Bertz CT molecular complexity index is 988. The fraction of sp³-hybridized carbons (Fsp3) is 0.429. The summed E-state index contributed by atoms with van der Waals surface area (Å²) in [6, 6.07) is 10.3. The van der Waals surface area contributed by atoms with Gasteiger partial charge in [-0.2, -0.15) is 5.10 Å². The second kappa shape index (κ2) is 7.58. The Kier molecular flexibility index (Phi) is 4.98. The van der Waals surface area contributed by atoms with Crippen LogP contribution < -0.4 is 5.32 Å². The molecule has 0 fully saturated rings. The molecule has 1 amide bonds. The molecule has 1 N–H and O–H groups in total. The van der Waals surface area contributed by atoms with Crippen molar-refractivity contribution >= 4 is 5.91 Å². The predicted molar refractivity (Wildman–Crippen MR) is 106 cm³/mol. The lowest BCUT2D eigenvalue weighted by molar-refractivity contribution is -0.126. The monoisotopic (exact) mass is 378 g/mol. The third kappa shape index (κ3) is 3.56. The van der Waals surface area contributed by atoms with Crippen LogP contribution in [0.2, 0.25) is 0 Å². The standard InChI is InChI=1S/C21H26N6O/c1-14-19(15(2)27(25-14)12-17-7-5-4-6-8-17)11-22-21(28)18-9-10-20-24-23-16(3)26(20)13-18/h4-8,18H,9-13H2,1-3H3,(H,22,28)/t18-/m1/s1. The summed E-state index contributed by atoms with van der Waals surface area (Å²) in [6.45, 7) is 7.91. The second-order valence-corrected chi connectivity index (χ2v) is 7.52. The number of carbonyl (C=O) groups excluding carboxylic acids is 1. The van der Waals surface area contributed by atoms with Crippen molar-refractivity contribution in [2.45, 2.75) is 53.2 Å². The van der Waals surface area contributed by atoms with E-state index in [4.69, 9.17) is 0 Å². The van der Waals surface area contributed by atoms with E-state index in [2.05, 4.69) is 44.2 Å². The van der Waals surface area contributed by atoms with Crippen LogP contribution in [-0.4, -0.2) is 30.5 Å². The van der Waals surface area contributed by atoms with E-state index in [0.29, 0.717) is 13.1 Å². The van der Waals surface area contributed by atoms with Gasteiger partial charge in [0.05, 0.1) is 18.2 Å². The number of hydrogen-bond donors (Lipinski definition) is 1. The Morgan fingerprint density at radius 3 is 2.75 bits per heavy atom. The van der Waals surface area contributed by atoms with Crippen LogP contribution in [0, 0.1) is 26.7 Å². The highest BCUT2D eigenvalue weighted by Gasteiger charge is 2.27. The lowest BCUT2D eigenvalue weighted by Gasteiger charge is -2.23. The number of fused-ring (bicyclic) bond motifs is 1. The first-order valence-corrected chi connectivity index (χ1v) is 9.76. The number of rotatable bonds is 5. The zero-order chi connectivity index (χ0) is 19.7. The molecular formula is C21H26N6O. The van der Waals surface area contributed by atoms with E-state index in [0.717, 1.165) is 48.0 Å². The van der Waals surface area contributed by atoms with Gasteiger partial charge in [-0.3, -0.25) is 9.48 Å². The van der Waals surface area contributed by atoms with Gasteiger partial charge in [0.15, 0.2) is 0 Å². The van der Waals surface area contributed by atoms with Gasteiger partial charge in [0.2, 0.25) is 5.91 Å². The topological polar surface area (TPSA) is 77.6 Å². The van der Waals surface area contributed by atoms with Gasteiger partial charge in [-0.25, -0.2) is 0 Å². The first-order chi connectivity index (χ1) is 13.5. The van der Waals surface area contributed by atoms with Crippen molar-refractivity contribution in [3.63, 3.8) is 0 Å². The molecule has 3 aromatic rings. The number of hydrogen-bond acceptors (Lipinski definition) is 4. The molecule has 1 aliphatic heterocycles. The first kappa shape index (κ1) is 18.4. The Morgan fingerprint density at radius 2 is 1.96 bits per heavy atom. The van der Waals surface area contributed by atoms with Crippen LogP contribution in [0.4, 0.5) is 0 Å². The summed E-state index contributed by atoms with van der Waals surface area (Å²) in [7, 11) is 0. The van der Waals surface area contributed by atoms with Crippen LogP contribution in [-0.2, 0) is 30.8 Å². The Morgan fingerprint density at radius 1 is 1.18 bits per heavy atom. The van der Waals surface area contributed by atoms with Crippen molar-refractivity contribution in [3.8, 4) is 0 Å². The smallest absolute Gasteiger partial charge is 0.225 e. The van der Waals surface area contributed by atoms with E-state index < -0.39 is 0 Å². The number of nitrogens with zero attached hydrogens (tertiary/aromatic N) is 5. The van der Waals surface area contributed by atoms with Gasteiger partial charge in [0, 0.05) is 30.8 Å². The summed E-state index contributed by atoms with van der Waals surface area (Å²) in [5.74, 6) is 1.91. The molecule has 1 atom stereocenters. The number of carbonyl (C=O) groups is 1. The molecule has 7 nitrogen and oxygen atoms in total. The van der Waals surface area contributed by atoms with Crippen molar-refractivity contribution in [1.82, 2.24) is 29.9 Å². The number of aryl methyl sites for hydroxylation is 3. The first-order valence-electron chi connectivity index (χ1n) is 9.76. The van der Waals surface area contributed by atoms with Gasteiger partial charge in [-0.15, -0.1) is 10.2 Å². The SMILES string of the molecule is Cc1nn(Cc2ccccc2)c(C)c1CNC(=O)[C@@H]1CCc2nnc(C)n2C1. The average molecular weight is 378 g/mol. The van der Waals surface area contributed by atoms with Gasteiger partial charge in [-0.1, -0.05) is 30.3 Å². The molecule has 0 unspecified atom stereocenters. The molecule has 0 saturated heterocycles. The minimum Gasteiger partial charge on any atom is -0.352 e. The van der Waals surface area contributed by atoms with E-state index in [1.807, 2.05) is 36.7 Å². The van der Waals surface area contributed by atoms with E-state index in [1.54, 1.807) is 0 Å². The summed E-state index contributed by atoms with van der Waals surface area (Å²) < 4.78 is 4.07. The number of benzene rings is 1. The molecule has 0 saturated carbocycles. The minimum absolute atomic E-state index is 0.0397. The second-order valence-electron chi connectivity index (χ2n) is 7.52. The summed E-state index contributed by atoms with van der Waals surface area (Å²) in [4.78, 5) is 12.7. The van der Waals surface area contributed by atoms with Gasteiger partial charge in [0.1, 0.15) is 11.6 Å². The maximum absolute atomic E-state index is 12.7. The molecule has 0 bridgehead atoms. The molecule has 0 spiro atoms. The number of amides is 1. The fourth-order valence-electron chi connectivity index (χ4n) is 3.90. The third-order valence-electron chi connectivity index (χ3n) is 5.65. The van der Waals surface area contributed by atoms with Gasteiger partial charge in [-0.05, 0) is 32.8 Å². The van der Waals surface area contributed by atoms with Crippen LogP contribution in [0.5, 0.6) is 0 Å². The summed E-state index contributed by atoms with van der Waals surface area (Å²) in [5, 5.41) is 16.1. The largest absolute Gasteiger partial charge is 0.352 e. The normalized spacial score (nSPS) is 16.0. The summed E-state index contributed by atoms with van der Waals surface area (Å²) >= 11 is 0.